The average molecular weight is 206 g/mol. The highest BCUT2D eigenvalue weighted by Gasteiger charge is 2.05. The smallest absolute Gasteiger partial charge is 0.240 e. The molecule has 76 valence electrons. The van der Waals surface area contributed by atoms with Gasteiger partial charge in [0.15, 0.2) is 0 Å². The van der Waals surface area contributed by atoms with E-state index in [0.717, 1.165) is 21.9 Å². The SMILES string of the molecule is [C-]#[N+]Cc1cccc2c(CC#N)cccc12. The molecule has 2 heteroatoms. The maximum atomic E-state index is 8.75. The Balaban J connectivity index is 2.68. The van der Waals surface area contributed by atoms with Crippen LogP contribution in [0.1, 0.15) is 11.1 Å². The van der Waals surface area contributed by atoms with Gasteiger partial charge in [0.2, 0.25) is 6.54 Å². The van der Waals surface area contributed by atoms with E-state index < -0.39 is 0 Å². The van der Waals surface area contributed by atoms with Crippen LogP contribution in [0.4, 0.5) is 0 Å². The Labute approximate surface area is 94.6 Å². The lowest BCUT2D eigenvalue weighted by molar-refractivity contribution is 1.27. The first-order chi connectivity index (χ1) is 7.86. The minimum atomic E-state index is 0.396. The minimum absolute atomic E-state index is 0.396. The Morgan fingerprint density at radius 3 is 2.31 bits per heavy atom. The number of nitriles is 1. The lowest BCUT2D eigenvalue weighted by Gasteiger charge is -2.05. The highest BCUT2D eigenvalue weighted by Crippen LogP contribution is 2.23. The van der Waals surface area contributed by atoms with E-state index in [0.29, 0.717) is 13.0 Å². The first kappa shape index (κ1) is 10.2. The van der Waals surface area contributed by atoms with E-state index in [-0.39, 0.29) is 0 Å². The number of fused-ring (bicyclic) bond motifs is 1. The second-order valence-corrected chi connectivity index (χ2v) is 3.58. The Hall–Kier alpha value is -2.32. The maximum Gasteiger partial charge on any atom is 0.240 e. The average Bonchev–Trinajstić information content (AvgIpc) is 2.31. The topological polar surface area (TPSA) is 28.1 Å². The number of hydrogen-bond donors (Lipinski definition) is 0. The summed E-state index contributed by atoms with van der Waals surface area (Å²) in [6.45, 7) is 7.32. The van der Waals surface area contributed by atoms with E-state index in [1.807, 2.05) is 36.4 Å². The standard InChI is InChI=1S/C14H10N2/c1-16-10-12-5-3-6-13-11(8-9-15)4-2-7-14(12)13/h2-7H,8,10H2. The third kappa shape index (κ3) is 1.74. The van der Waals surface area contributed by atoms with Crippen molar-refractivity contribution >= 4 is 10.8 Å². The predicted octanol–water partition coefficient (Wildman–Crippen LogP) is 3.33. The molecule has 2 nitrogen and oxygen atoms in total. The van der Waals surface area contributed by atoms with Crippen molar-refractivity contribution in [3.05, 3.63) is 58.9 Å². The third-order valence-electron chi connectivity index (χ3n) is 2.62. The number of hydrogen-bond acceptors (Lipinski definition) is 1. The van der Waals surface area contributed by atoms with Crippen molar-refractivity contribution in [2.24, 2.45) is 0 Å². The summed E-state index contributed by atoms with van der Waals surface area (Å²) in [5.74, 6) is 0. The van der Waals surface area contributed by atoms with Gasteiger partial charge < -0.3 is 4.85 Å². The number of rotatable bonds is 2. The summed E-state index contributed by atoms with van der Waals surface area (Å²) in [4.78, 5) is 3.42. The van der Waals surface area contributed by atoms with E-state index in [9.17, 15) is 0 Å². The molecule has 0 atom stereocenters. The zero-order valence-electron chi connectivity index (χ0n) is 8.77. The van der Waals surface area contributed by atoms with Gasteiger partial charge in [0.05, 0.1) is 12.5 Å². The van der Waals surface area contributed by atoms with Gasteiger partial charge in [-0.2, -0.15) is 5.26 Å². The van der Waals surface area contributed by atoms with Crippen LogP contribution in [0.2, 0.25) is 0 Å². The van der Waals surface area contributed by atoms with Gasteiger partial charge in [0.1, 0.15) is 0 Å². The molecule has 2 rings (SSSR count). The maximum absolute atomic E-state index is 8.75. The first-order valence-electron chi connectivity index (χ1n) is 5.06. The van der Waals surface area contributed by atoms with Crippen molar-refractivity contribution in [3.8, 4) is 6.07 Å². The van der Waals surface area contributed by atoms with Crippen LogP contribution in [-0.4, -0.2) is 0 Å². The molecule has 0 aromatic heterocycles. The molecule has 0 radical (unpaired) electrons. The number of nitrogens with zero attached hydrogens (tertiary/aromatic N) is 2. The largest absolute Gasteiger partial charge is 0.312 e. The third-order valence-corrected chi connectivity index (χ3v) is 2.62. The summed E-state index contributed by atoms with van der Waals surface area (Å²) in [6.07, 6.45) is 0.415. The minimum Gasteiger partial charge on any atom is -0.312 e. The lowest BCUT2D eigenvalue weighted by atomic mass is 9.99. The van der Waals surface area contributed by atoms with Crippen LogP contribution in [0, 0.1) is 17.9 Å². The van der Waals surface area contributed by atoms with Crippen LogP contribution in [0.5, 0.6) is 0 Å². The zero-order valence-corrected chi connectivity index (χ0v) is 8.77. The quantitative estimate of drug-likeness (QED) is 0.693. The highest BCUT2D eigenvalue weighted by atomic mass is 14.6. The van der Waals surface area contributed by atoms with E-state index in [2.05, 4.69) is 10.9 Å². The molecule has 0 N–H and O–H groups in total. The summed E-state index contributed by atoms with van der Waals surface area (Å²) in [5, 5.41) is 10.9. The molecule has 0 spiro atoms. The van der Waals surface area contributed by atoms with Gasteiger partial charge in [-0.3, -0.25) is 0 Å². The van der Waals surface area contributed by atoms with E-state index >= 15 is 0 Å². The van der Waals surface area contributed by atoms with Gasteiger partial charge >= 0.3 is 0 Å². The van der Waals surface area contributed by atoms with Crippen LogP contribution in [0.25, 0.3) is 15.6 Å². The second kappa shape index (κ2) is 4.47. The van der Waals surface area contributed by atoms with Gasteiger partial charge in [0, 0.05) is 5.56 Å². The molecular formula is C14H10N2. The van der Waals surface area contributed by atoms with Crippen molar-refractivity contribution in [2.45, 2.75) is 13.0 Å². The Morgan fingerprint density at radius 2 is 1.69 bits per heavy atom. The second-order valence-electron chi connectivity index (χ2n) is 3.58. The van der Waals surface area contributed by atoms with E-state index in [4.69, 9.17) is 11.8 Å². The summed E-state index contributed by atoms with van der Waals surface area (Å²) < 4.78 is 0. The normalized spacial score (nSPS) is 9.62. The fraction of sp³-hybridized carbons (Fsp3) is 0.143. The lowest BCUT2D eigenvalue weighted by Crippen LogP contribution is -1.88. The predicted molar refractivity (Wildman–Crippen MR) is 63.6 cm³/mol. The van der Waals surface area contributed by atoms with Crippen molar-refractivity contribution in [3.63, 3.8) is 0 Å². The van der Waals surface area contributed by atoms with E-state index in [1.54, 1.807) is 0 Å². The zero-order chi connectivity index (χ0) is 11.4. The van der Waals surface area contributed by atoms with Gasteiger partial charge in [-0.25, -0.2) is 6.57 Å². The molecule has 0 bridgehead atoms. The molecule has 0 amide bonds. The molecule has 16 heavy (non-hydrogen) atoms. The van der Waals surface area contributed by atoms with Gasteiger partial charge in [0.25, 0.3) is 0 Å². The van der Waals surface area contributed by atoms with Gasteiger partial charge in [-0.1, -0.05) is 36.4 Å². The number of benzene rings is 2. The molecule has 0 aliphatic heterocycles. The molecule has 0 saturated carbocycles. The molecule has 2 aromatic carbocycles. The Bertz CT molecular complexity index is 545. The molecule has 0 unspecified atom stereocenters. The highest BCUT2D eigenvalue weighted by molar-refractivity contribution is 5.88. The fourth-order valence-corrected chi connectivity index (χ4v) is 1.90. The van der Waals surface area contributed by atoms with Gasteiger partial charge in [-0.05, 0) is 16.3 Å². The van der Waals surface area contributed by atoms with Crippen molar-refractivity contribution < 1.29 is 0 Å². The summed E-state index contributed by atoms with van der Waals surface area (Å²) >= 11 is 0. The molecule has 0 saturated heterocycles. The van der Waals surface area contributed by atoms with Crippen molar-refractivity contribution in [2.75, 3.05) is 0 Å². The fourth-order valence-electron chi connectivity index (χ4n) is 1.90. The van der Waals surface area contributed by atoms with Gasteiger partial charge in [-0.15, -0.1) is 0 Å². The molecule has 0 aliphatic rings. The summed E-state index contributed by atoms with van der Waals surface area (Å²) in [7, 11) is 0. The van der Waals surface area contributed by atoms with Crippen molar-refractivity contribution in [1.29, 1.82) is 5.26 Å². The molecule has 0 aliphatic carbocycles. The summed E-state index contributed by atoms with van der Waals surface area (Å²) in [6, 6.07) is 14.0. The Kier molecular flexibility index (Phi) is 2.85. The molecule has 0 heterocycles. The van der Waals surface area contributed by atoms with Crippen LogP contribution in [0.15, 0.2) is 36.4 Å². The van der Waals surface area contributed by atoms with Crippen LogP contribution in [-0.2, 0) is 13.0 Å². The first-order valence-corrected chi connectivity index (χ1v) is 5.06. The molecular weight excluding hydrogens is 196 g/mol. The van der Waals surface area contributed by atoms with Crippen molar-refractivity contribution in [1.82, 2.24) is 0 Å². The van der Waals surface area contributed by atoms with E-state index in [1.165, 1.54) is 0 Å². The monoisotopic (exact) mass is 206 g/mol. The summed E-state index contributed by atoms with van der Waals surface area (Å²) in [5.41, 5.74) is 2.07. The Morgan fingerprint density at radius 1 is 1.06 bits per heavy atom. The van der Waals surface area contributed by atoms with Crippen LogP contribution >= 0.6 is 0 Å². The van der Waals surface area contributed by atoms with Crippen LogP contribution < -0.4 is 0 Å². The molecule has 0 fully saturated rings. The molecule has 2 aromatic rings. The van der Waals surface area contributed by atoms with Crippen LogP contribution in [0.3, 0.4) is 0 Å².